The van der Waals surface area contributed by atoms with Gasteiger partial charge in [-0.25, -0.2) is 18.8 Å². The Labute approximate surface area is 154 Å². The van der Waals surface area contributed by atoms with Crippen molar-refractivity contribution < 1.29 is 18.3 Å². The van der Waals surface area contributed by atoms with Crippen molar-refractivity contribution >= 4 is 22.7 Å². The summed E-state index contributed by atoms with van der Waals surface area (Å²) in [5.74, 6) is -1.82. The largest absolute Gasteiger partial charge is 0.465 e. The fourth-order valence-corrected chi connectivity index (χ4v) is 2.93. The molecular weight excluding hydrogens is 354 g/mol. The van der Waals surface area contributed by atoms with E-state index in [-0.39, 0.29) is 17.8 Å². The van der Waals surface area contributed by atoms with E-state index < -0.39 is 17.4 Å². The number of hydrogen-bond acceptors (Lipinski definition) is 5. The summed E-state index contributed by atoms with van der Waals surface area (Å²) in [7, 11) is 0. The lowest BCUT2D eigenvalue weighted by Crippen LogP contribution is -2.25. The van der Waals surface area contributed by atoms with Crippen molar-refractivity contribution in [3.63, 3.8) is 0 Å². The number of halogens is 2. The number of H-pyrrole nitrogens is 1. The first-order valence-electron chi connectivity index (χ1n) is 8.58. The van der Waals surface area contributed by atoms with Crippen molar-refractivity contribution in [3.8, 4) is 11.5 Å². The van der Waals surface area contributed by atoms with Gasteiger partial charge in [0.2, 0.25) is 0 Å². The Balaban J connectivity index is 1.63. The molecule has 0 aliphatic carbocycles. The molecule has 1 aliphatic rings. The average Bonchev–Trinajstić information content (AvgIpc) is 3.00. The molecule has 27 heavy (non-hydrogen) atoms. The Bertz CT molecular complexity index is 1010. The molecule has 0 amide bonds. The monoisotopic (exact) mass is 372 g/mol. The number of nitrogens with zero attached hydrogens (tertiary/aromatic N) is 2. The Morgan fingerprint density at radius 1 is 1.30 bits per heavy atom. The summed E-state index contributed by atoms with van der Waals surface area (Å²) in [6.45, 7) is 4.31. The highest BCUT2D eigenvalue weighted by Gasteiger charge is 2.18. The minimum atomic E-state index is -0.833. The molecule has 3 aromatic rings. The second-order valence-electron chi connectivity index (χ2n) is 6.42. The molecule has 6 nitrogen and oxygen atoms in total. The summed E-state index contributed by atoms with van der Waals surface area (Å²) in [5, 5.41) is 3.47. The minimum absolute atomic E-state index is 0.0947. The van der Waals surface area contributed by atoms with Gasteiger partial charge in [0.25, 0.3) is 6.02 Å². The third-order valence-corrected chi connectivity index (χ3v) is 4.31. The van der Waals surface area contributed by atoms with Crippen LogP contribution in [0.5, 0.6) is 11.5 Å². The van der Waals surface area contributed by atoms with Gasteiger partial charge in [-0.3, -0.25) is 0 Å². The Kier molecular flexibility index (Phi) is 4.39. The molecular formula is C19H18F2N4O2. The highest BCUT2D eigenvalue weighted by atomic mass is 19.1. The number of hydrogen-bond donors (Lipinski definition) is 2. The number of aromatic nitrogens is 2. The molecule has 0 fully saturated rings. The van der Waals surface area contributed by atoms with E-state index in [0.29, 0.717) is 23.4 Å². The molecule has 0 saturated carbocycles. The first kappa shape index (κ1) is 17.3. The summed E-state index contributed by atoms with van der Waals surface area (Å²) in [6.07, 6.45) is 4.08. The predicted octanol–water partition coefficient (Wildman–Crippen LogP) is 4.52. The zero-order chi connectivity index (χ0) is 19.0. The quantitative estimate of drug-likeness (QED) is 0.709. The summed E-state index contributed by atoms with van der Waals surface area (Å²) >= 11 is 0. The van der Waals surface area contributed by atoms with Crippen LogP contribution in [-0.4, -0.2) is 28.6 Å². The maximum atomic E-state index is 14.5. The number of anilines is 1. The molecule has 0 saturated heterocycles. The molecule has 3 heterocycles. The number of ether oxygens (including phenoxy) is 2. The Morgan fingerprint density at radius 2 is 2.07 bits per heavy atom. The van der Waals surface area contributed by atoms with Gasteiger partial charge in [0, 0.05) is 36.6 Å². The zero-order valence-corrected chi connectivity index (χ0v) is 14.8. The lowest BCUT2D eigenvalue weighted by molar-refractivity contribution is 0.263. The Morgan fingerprint density at radius 3 is 2.81 bits per heavy atom. The molecule has 1 atom stereocenters. The molecule has 140 valence electrons. The number of benzene rings is 1. The second-order valence-corrected chi connectivity index (χ2v) is 6.42. The van der Waals surface area contributed by atoms with Crippen LogP contribution < -0.4 is 10.1 Å². The molecule has 0 radical (unpaired) electrons. The van der Waals surface area contributed by atoms with Gasteiger partial charge in [0.1, 0.15) is 11.4 Å². The molecule has 0 spiro atoms. The maximum Gasteiger partial charge on any atom is 0.289 e. The summed E-state index contributed by atoms with van der Waals surface area (Å²) in [5.41, 5.74) is 1.65. The number of nitrogens with one attached hydrogen (secondary N) is 2. The van der Waals surface area contributed by atoms with E-state index in [1.54, 1.807) is 12.3 Å². The van der Waals surface area contributed by atoms with Gasteiger partial charge in [-0.05, 0) is 25.5 Å². The van der Waals surface area contributed by atoms with Crippen molar-refractivity contribution in [3.05, 3.63) is 47.8 Å². The number of rotatable bonds is 3. The highest BCUT2D eigenvalue weighted by Crippen LogP contribution is 2.34. The maximum absolute atomic E-state index is 14.5. The topological polar surface area (TPSA) is 71.5 Å². The first-order valence-corrected chi connectivity index (χ1v) is 8.58. The van der Waals surface area contributed by atoms with Crippen molar-refractivity contribution in [1.29, 1.82) is 0 Å². The standard InChI is InChI=1S/C19H18F2N4O2/c1-10-9-23-18-16(10)15(3-5-22-18)27-17-13(20)7-12(8-14(17)21)25-19-24-11(2)4-6-26-19/h3,5,7-9,11H,4,6H2,1-2H3,(H,22,23)(H,24,25). The van der Waals surface area contributed by atoms with Gasteiger partial charge in [0.05, 0.1) is 18.0 Å². The average molecular weight is 372 g/mol. The van der Waals surface area contributed by atoms with E-state index in [4.69, 9.17) is 9.47 Å². The molecule has 1 aromatic carbocycles. The number of aryl methyl sites for hydroxylation is 1. The SMILES string of the molecule is Cc1c[nH]c2nccc(Oc3c(F)cc(NC4=NC(C)CCO4)cc3F)c12. The third-order valence-electron chi connectivity index (χ3n) is 4.31. The normalized spacial score (nSPS) is 16.7. The lowest BCUT2D eigenvalue weighted by atomic mass is 10.2. The molecule has 8 heteroatoms. The Hall–Kier alpha value is -3.16. The molecule has 4 rings (SSSR count). The van der Waals surface area contributed by atoms with E-state index in [0.717, 1.165) is 24.1 Å². The van der Waals surface area contributed by atoms with E-state index in [9.17, 15) is 8.78 Å². The van der Waals surface area contributed by atoms with E-state index in [2.05, 4.69) is 20.3 Å². The van der Waals surface area contributed by atoms with Crippen LogP contribution in [0.2, 0.25) is 0 Å². The molecule has 0 bridgehead atoms. The highest BCUT2D eigenvalue weighted by molar-refractivity contribution is 5.89. The van der Waals surface area contributed by atoms with Crippen LogP contribution in [0.1, 0.15) is 18.9 Å². The number of pyridine rings is 1. The van der Waals surface area contributed by atoms with Crippen molar-refractivity contribution in [1.82, 2.24) is 9.97 Å². The molecule has 2 aromatic heterocycles. The predicted molar refractivity (Wildman–Crippen MR) is 98.4 cm³/mol. The second kappa shape index (κ2) is 6.86. The van der Waals surface area contributed by atoms with Crippen LogP contribution >= 0.6 is 0 Å². The van der Waals surface area contributed by atoms with Gasteiger partial charge in [-0.1, -0.05) is 0 Å². The van der Waals surface area contributed by atoms with Crippen molar-refractivity contribution in [2.75, 3.05) is 11.9 Å². The fourth-order valence-electron chi connectivity index (χ4n) is 2.93. The molecule has 2 N–H and O–H groups in total. The van der Waals surface area contributed by atoms with Crippen LogP contribution in [0.25, 0.3) is 11.0 Å². The van der Waals surface area contributed by atoms with Gasteiger partial charge < -0.3 is 19.8 Å². The lowest BCUT2D eigenvalue weighted by Gasteiger charge is -2.19. The van der Waals surface area contributed by atoms with Crippen molar-refractivity contribution in [2.24, 2.45) is 4.99 Å². The van der Waals surface area contributed by atoms with Gasteiger partial charge in [-0.2, -0.15) is 0 Å². The van der Waals surface area contributed by atoms with Crippen LogP contribution in [0, 0.1) is 18.6 Å². The summed E-state index contributed by atoms with van der Waals surface area (Å²) < 4.78 is 40.0. The van der Waals surface area contributed by atoms with Crippen LogP contribution in [0.3, 0.4) is 0 Å². The summed E-state index contributed by atoms with van der Waals surface area (Å²) in [4.78, 5) is 11.4. The number of fused-ring (bicyclic) bond motifs is 1. The number of aliphatic imine (C=N–C) groups is 1. The van der Waals surface area contributed by atoms with Crippen molar-refractivity contribution in [2.45, 2.75) is 26.3 Å². The van der Waals surface area contributed by atoms with E-state index in [1.807, 2.05) is 13.8 Å². The van der Waals surface area contributed by atoms with E-state index in [1.165, 1.54) is 6.20 Å². The molecule has 1 aliphatic heterocycles. The molecule has 1 unspecified atom stereocenters. The number of amidine groups is 1. The minimum Gasteiger partial charge on any atom is -0.465 e. The van der Waals surface area contributed by atoms with E-state index >= 15 is 0 Å². The van der Waals surface area contributed by atoms with Crippen LogP contribution in [0.15, 0.2) is 35.6 Å². The zero-order valence-electron chi connectivity index (χ0n) is 14.8. The van der Waals surface area contributed by atoms with Gasteiger partial charge >= 0.3 is 0 Å². The van der Waals surface area contributed by atoms with Crippen LogP contribution in [0.4, 0.5) is 14.5 Å². The number of aromatic amines is 1. The third kappa shape index (κ3) is 3.42. The smallest absolute Gasteiger partial charge is 0.289 e. The fraction of sp³-hybridized carbons (Fsp3) is 0.263. The first-order chi connectivity index (χ1) is 13.0. The van der Waals surface area contributed by atoms with Crippen LogP contribution in [-0.2, 0) is 4.74 Å². The van der Waals surface area contributed by atoms with Gasteiger partial charge in [-0.15, -0.1) is 0 Å². The summed E-state index contributed by atoms with van der Waals surface area (Å²) in [6, 6.07) is 4.20. The van der Waals surface area contributed by atoms with Gasteiger partial charge in [0.15, 0.2) is 17.4 Å².